The van der Waals surface area contributed by atoms with Crippen molar-refractivity contribution >= 4 is 28.8 Å². The van der Waals surface area contributed by atoms with Gasteiger partial charge in [-0.3, -0.25) is 19.7 Å². The number of hydrogen-bond acceptors (Lipinski definition) is 7. The molecule has 0 aliphatic carbocycles. The lowest BCUT2D eigenvalue weighted by Gasteiger charge is -2.29. The van der Waals surface area contributed by atoms with Crippen molar-refractivity contribution in [2.75, 3.05) is 19.9 Å². The quantitative estimate of drug-likeness (QED) is 0.470. The van der Waals surface area contributed by atoms with Gasteiger partial charge >= 0.3 is 0 Å². The first-order chi connectivity index (χ1) is 17.5. The maximum Gasteiger partial charge on any atom is 0.286 e. The SMILES string of the molecule is O=C1NC(=O)C(Cc2ccc(OCCN3COc4ccc(OCc5ccccc5)cc4C3=O)cc2)S1. The van der Waals surface area contributed by atoms with Crippen LogP contribution in [0.15, 0.2) is 72.8 Å². The molecule has 0 aromatic heterocycles. The molecule has 1 saturated heterocycles. The predicted octanol–water partition coefficient (Wildman–Crippen LogP) is 4.03. The van der Waals surface area contributed by atoms with Crippen molar-refractivity contribution in [1.82, 2.24) is 10.2 Å². The first kappa shape index (κ1) is 23.7. The highest BCUT2D eigenvalue weighted by Crippen LogP contribution is 2.29. The number of benzene rings is 3. The fraction of sp³-hybridized carbons (Fsp3) is 0.222. The molecule has 184 valence electrons. The summed E-state index contributed by atoms with van der Waals surface area (Å²) in [6, 6.07) is 22.5. The maximum atomic E-state index is 13.0. The molecule has 9 heteroatoms. The molecule has 3 aromatic carbocycles. The zero-order chi connectivity index (χ0) is 24.9. The summed E-state index contributed by atoms with van der Waals surface area (Å²) in [5, 5.41) is 1.59. The van der Waals surface area contributed by atoms with Crippen molar-refractivity contribution in [2.45, 2.75) is 18.3 Å². The van der Waals surface area contributed by atoms with Crippen LogP contribution < -0.4 is 19.5 Å². The second kappa shape index (κ2) is 10.7. The highest BCUT2D eigenvalue weighted by atomic mass is 32.2. The molecule has 1 fully saturated rings. The van der Waals surface area contributed by atoms with Crippen molar-refractivity contribution in [1.29, 1.82) is 0 Å². The van der Waals surface area contributed by atoms with Crippen LogP contribution in [-0.2, 0) is 17.8 Å². The molecule has 0 bridgehead atoms. The average molecular weight is 505 g/mol. The summed E-state index contributed by atoms with van der Waals surface area (Å²) < 4.78 is 17.4. The highest BCUT2D eigenvalue weighted by Gasteiger charge is 2.31. The van der Waals surface area contributed by atoms with Crippen LogP contribution in [0.5, 0.6) is 17.2 Å². The first-order valence-electron chi connectivity index (χ1n) is 11.5. The van der Waals surface area contributed by atoms with Gasteiger partial charge in [0.2, 0.25) is 5.91 Å². The standard InChI is InChI=1S/C27H24N2O6S/c30-25-24(36-27(32)28-25)14-18-6-8-20(9-7-18)33-13-12-29-17-35-23-11-10-21(15-22(23)26(29)31)34-16-19-4-2-1-3-5-19/h1-11,15,24H,12-14,16-17H2,(H,28,30,32). The molecule has 3 amide bonds. The van der Waals surface area contributed by atoms with E-state index in [0.29, 0.717) is 49.0 Å². The third-order valence-electron chi connectivity index (χ3n) is 5.83. The normalized spacial score (nSPS) is 16.8. The minimum Gasteiger partial charge on any atom is -0.492 e. The Balaban J connectivity index is 1.12. The molecule has 0 radical (unpaired) electrons. The fourth-order valence-corrected chi connectivity index (χ4v) is 4.77. The molecule has 1 N–H and O–H groups in total. The summed E-state index contributed by atoms with van der Waals surface area (Å²) in [7, 11) is 0. The van der Waals surface area contributed by atoms with Gasteiger partial charge in [0.1, 0.15) is 30.5 Å². The minimum atomic E-state index is -0.401. The lowest BCUT2D eigenvalue weighted by molar-refractivity contribution is -0.118. The zero-order valence-corrected chi connectivity index (χ0v) is 20.2. The smallest absolute Gasteiger partial charge is 0.286 e. The third-order valence-corrected chi connectivity index (χ3v) is 6.82. The van der Waals surface area contributed by atoms with Gasteiger partial charge in [-0.2, -0.15) is 0 Å². The van der Waals surface area contributed by atoms with Gasteiger partial charge in [0, 0.05) is 0 Å². The first-order valence-corrected chi connectivity index (χ1v) is 12.4. The number of nitrogens with one attached hydrogen (secondary N) is 1. The summed E-state index contributed by atoms with van der Waals surface area (Å²) in [4.78, 5) is 37.7. The number of rotatable bonds is 9. The van der Waals surface area contributed by atoms with E-state index in [0.717, 1.165) is 22.9 Å². The van der Waals surface area contributed by atoms with Gasteiger partial charge in [0.25, 0.3) is 11.1 Å². The van der Waals surface area contributed by atoms with E-state index in [1.54, 1.807) is 23.1 Å². The fourth-order valence-electron chi connectivity index (χ4n) is 3.91. The van der Waals surface area contributed by atoms with E-state index in [4.69, 9.17) is 14.2 Å². The van der Waals surface area contributed by atoms with E-state index < -0.39 is 5.25 Å². The van der Waals surface area contributed by atoms with E-state index in [1.807, 2.05) is 54.6 Å². The summed E-state index contributed by atoms with van der Waals surface area (Å²) in [5.41, 5.74) is 2.44. The van der Waals surface area contributed by atoms with Gasteiger partial charge in [-0.15, -0.1) is 0 Å². The lowest BCUT2D eigenvalue weighted by atomic mass is 10.1. The molecule has 2 aliphatic heterocycles. The molecule has 5 rings (SSSR count). The highest BCUT2D eigenvalue weighted by molar-refractivity contribution is 8.15. The van der Waals surface area contributed by atoms with Gasteiger partial charge < -0.3 is 19.1 Å². The van der Waals surface area contributed by atoms with E-state index in [9.17, 15) is 14.4 Å². The Labute approximate surface area is 212 Å². The van der Waals surface area contributed by atoms with E-state index in [2.05, 4.69) is 5.32 Å². The van der Waals surface area contributed by atoms with Gasteiger partial charge in [-0.1, -0.05) is 54.2 Å². The van der Waals surface area contributed by atoms with Crippen LogP contribution >= 0.6 is 11.8 Å². The van der Waals surface area contributed by atoms with Crippen LogP contribution in [0.4, 0.5) is 4.79 Å². The van der Waals surface area contributed by atoms with Crippen LogP contribution in [0.2, 0.25) is 0 Å². The van der Waals surface area contributed by atoms with Gasteiger partial charge in [0.05, 0.1) is 17.4 Å². The Morgan fingerprint density at radius 1 is 0.917 bits per heavy atom. The zero-order valence-electron chi connectivity index (χ0n) is 19.3. The van der Waals surface area contributed by atoms with Crippen molar-refractivity contribution < 1.29 is 28.6 Å². The Morgan fingerprint density at radius 2 is 1.69 bits per heavy atom. The summed E-state index contributed by atoms with van der Waals surface area (Å²) in [6.07, 6.45) is 0.471. The number of carbonyl (C=O) groups is 3. The average Bonchev–Trinajstić information content (AvgIpc) is 3.22. The Morgan fingerprint density at radius 3 is 2.44 bits per heavy atom. The molecule has 0 spiro atoms. The van der Waals surface area contributed by atoms with Crippen LogP contribution in [0.1, 0.15) is 21.5 Å². The van der Waals surface area contributed by atoms with Crippen LogP contribution in [0.3, 0.4) is 0 Å². The molecule has 8 nitrogen and oxygen atoms in total. The summed E-state index contributed by atoms with van der Waals surface area (Å²) in [5.74, 6) is 1.40. The van der Waals surface area contributed by atoms with E-state index >= 15 is 0 Å². The molecule has 1 unspecified atom stereocenters. The molecule has 0 saturated carbocycles. The van der Waals surface area contributed by atoms with Crippen molar-refractivity contribution in [3.63, 3.8) is 0 Å². The van der Waals surface area contributed by atoms with Gasteiger partial charge in [0.15, 0.2) is 6.73 Å². The van der Waals surface area contributed by atoms with Crippen molar-refractivity contribution in [3.8, 4) is 17.2 Å². The van der Waals surface area contributed by atoms with Crippen LogP contribution in [-0.4, -0.2) is 47.1 Å². The number of fused-ring (bicyclic) bond motifs is 1. The van der Waals surface area contributed by atoms with E-state index in [-0.39, 0.29) is 23.8 Å². The largest absolute Gasteiger partial charge is 0.492 e. The molecule has 2 aliphatic rings. The molecule has 1 atom stereocenters. The Hall–Kier alpha value is -3.98. The predicted molar refractivity (Wildman–Crippen MR) is 134 cm³/mol. The number of thioether (sulfide) groups is 1. The van der Waals surface area contributed by atoms with Crippen LogP contribution in [0.25, 0.3) is 0 Å². The van der Waals surface area contributed by atoms with Crippen molar-refractivity contribution in [2.24, 2.45) is 0 Å². The molecular weight excluding hydrogens is 480 g/mol. The second-order valence-electron chi connectivity index (χ2n) is 8.35. The number of imide groups is 1. The monoisotopic (exact) mass is 504 g/mol. The van der Waals surface area contributed by atoms with Crippen molar-refractivity contribution in [3.05, 3.63) is 89.5 Å². The number of ether oxygens (including phenoxy) is 3. The number of carbonyl (C=O) groups excluding carboxylic acids is 3. The molecule has 3 aromatic rings. The number of amides is 3. The van der Waals surface area contributed by atoms with Gasteiger partial charge in [-0.05, 0) is 47.9 Å². The van der Waals surface area contributed by atoms with E-state index in [1.165, 1.54) is 0 Å². The third kappa shape index (κ3) is 5.63. The van der Waals surface area contributed by atoms with Gasteiger partial charge in [-0.25, -0.2) is 0 Å². The second-order valence-corrected chi connectivity index (χ2v) is 9.53. The molecule has 2 heterocycles. The number of nitrogens with zero attached hydrogens (tertiary/aromatic N) is 1. The Kier molecular flexibility index (Phi) is 7.08. The Bertz CT molecular complexity index is 1270. The molecule has 36 heavy (non-hydrogen) atoms. The summed E-state index contributed by atoms with van der Waals surface area (Å²) >= 11 is 1.01. The topological polar surface area (TPSA) is 94.2 Å². The van der Waals surface area contributed by atoms with Crippen LogP contribution in [0, 0.1) is 0 Å². The minimum absolute atomic E-state index is 0.137. The molecular formula is C27H24N2O6S. The lowest BCUT2D eigenvalue weighted by Crippen LogP contribution is -2.41. The maximum absolute atomic E-state index is 13.0. The number of hydrogen-bond donors (Lipinski definition) is 1. The summed E-state index contributed by atoms with van der Waals surface area (Å²) in [6.45, 7) is 1.22.